The van der Waals surface area contributed by atoms with Crippen LogP contribution in [0.4, 0.5) is 0 Å². The summed E-state index contributed by atoms with van der Waals surface area (Å²) in [6.07, 6.45) is 1.35. The number of benzene rings is 1. The number of carbonyl (C=O) groups excluding carboxylic acids is 1. The van der Waals surface area contributed by atoms with E-state index in [1.807, 2.05) is 37.6 Å². The molecular weight excluding hydrogens is 316 g/mol. The summed E-state index contributed by atoms with van der Waals surface area (Å²) in [7, 11) is 1.86. The van der Waals surface area contributed by atoms with Gasteiger partial charge >= 0.3 is 0 Å². The Morgan fingerprint density at radius 1 is 1.35 bits per heavy atom. The molecule has 0 N–H and O–H groups in total. The molecule has 3 rings (SSSR count). The Morgan fingerprint density at radius 3 is 2.78 bits per heavy atom. The second-order valence-corrected chi connectivity index (χ2v) is 6.23. The molecule has 1 saturated heterocycles. The number of rotatable bonds is 2. The summed E-state index contributed by atoms with van der Waals surface area (Å²) < 4.78 is 7.55. The molecule has 1 atom stereocenters. The van der Waals surface area contributed by atoms with Crippen LogP contribution in [0.3, 0.4) is 0 Å². The predicted octanol–water partition coefficient (Wildman–Crippen LogP) is 2.30. The summed E-state index contributed by atoms with van der Waals surface area (Å²) in [6, 6.07) is 3.69. The first-order valence-electron chi connectivity index (χ1n) is 7.49. The van der Waals surface area contributed by atoms with Crippen LogP contribution in [0, 0.1) is 13.8 Å². The van der Waals surface area contributed by atoms with Gasteiger partial charge in [0.2, 0.25) is 0 Å². The van der Waals surface area contributed by atoms with Crippen LogP contribution < -0.4 is 0 Å². The Balaban J connectivity index is 1.83. The van der Waals surface area contributed by atoms with Crippen molar-refractivity contribution in [3.05, 3.63) is 46.0 Å². The molecule has 0 bridgehead atoms. The number of aromatic nitrogens is 3. The van der Waals surface area contributed by atoms with Crippen molar-refractivity contribution in [2.75, 3.05) is 19.7 Å². The minimum atomic E-state index is -0.273. The fourth-order valence-electron chi connectivity index (χ4n) is 2.69. The van der Waals surface area contributed by atoms with E-state index < -0.39 is 0 Å². The van der Waals surface area contributed by atoms with E-state index in [0.29, 0.717) is 36.1 Å². The summed E-state index contributed by atoms with van der Waals surface area (Å²) in [4.78, 5) is 14.6. The van der Waals surface area contributed by atoms with Gasteiger partial charge in [-0.2, -0.15) is 0 Å². The molecule has 1 unspecified atom stereocenters. The molecule has 1 aliphatic heterocycles. The molecule has 1 aromatic carbocycles. The second kappa shape index (κ2) is 6.29. The van der Waals surface area contributed by atoms with Gasteiger partial charge in [0.1, 0.15) is 12.4 Å². The van der Waals surface area contributed by atoms with Crippen LogP contribution in [0.25, 0.3) is 0 Å². The summed E-state index contributed by atoms with van der Waals surface area (Å²) in [5.41, 5.74) is 2.66. The zero-order valence-electron chi connectivity index (χ0n) is 13.4. The summed E-state index contributed by atoms with van der Waals surface area (Å²) in [5, 5.41) is 8.43. The van der Waals surface area contributed by atoms with Gasteiger partial charge in [0.05, 0.1) is 23.7 Å². The van der Waals surface area contributed by atoms with E-state index in [1.165, 1.54) is 0 Å². The lowest BCUT2D eigenvalue weighted by atomic mass is 10.0. The highest BCUT2D eigenvalue weighted by Gasteiger charge is 2.29. The highest BCUT2D eigenvalue weighted by molar-refractivity contribution is 6.34. The first kappa shape index (κ1) is 16.0. The zero-order chi connectivity index (χ0) is 16.6. The van der Waals surface area contributed by atoms with Gasteiger partial charge in [0, 0.05) is 13.6 Å². The van der Waals surface area contributed by atoms with Crippen LogP contribution in [-0.4, -0.2) is 45.3 Å². The third-order valence-electron chi connectivity index (χ3n) is 4.20. The summed E-state index contributed by atoms with van der Waals surface area (Å²) in [6.45, 7) is 5.40. The molecule has 0 saturated carbocycles. The number of hydrogen-bond donors (Lipinski definition) is 0. The molecule has 0 radical (unpaired) electrons. The van der Waals surface area contributed by atoms with Gasteiger partial charge in [-0.15, -0.1) is 10.2 Å². The fraction of sp³-hybridized carbons (Fsp3) is 0.438. The third-order valence-corrected chi connectivity index (χ3v) is 4.51. The molecule has 7 heteroatoms. The van der Waals surface area contributed by atoms with Gasteiger partial charge in [0.25, 0.3) is 5.91 Å². The molecule has 6 nitrogen and oxygen atoms in total. The first-order chi connectivity index (χ1) is 11.0. The monoisotopic (exact) mass is 334 g/mol. The number of amides is 1. The minimum absolute atomic E-state index is 0.0754. The summed E-state index contributed by atoms with van der Waals surface area (Å²) in [5.74, 6) is 0.641. The van der Waals surface area contributed by atoms with E-state index in [-0.39, 0.29) is 12.0 Å². The van der Waals surface area contributed by atoms with Gasteiger partial charge in [-0.3, -0.25) is 4.79 Å². The lowest BCUT2D eigenvalue weighted by Gasteiger charge is -2.32. The Hall–Kier alpha value is -1.92. The van der Waals surface area contributed by atoms with E-state index in [0.717, 1.165) is 11.1 Å². The lowest BCUT2D eigenvalue weighted by Crippen LogP contribution is -2.43. The number of ether oxygens (including phenoxy) is 1. The standard InChI is InChI=1S/C16H19ClN4O2/c1-10-6-12(13(17)7-11(10)2)16(22)21-4-5-23-14(8-21)15-19-18-9-20(15)3/h6-7,9,14H,4-5,8H2,1-3H3. The topological polar surface area (TPSA) is 60.3 Å². The quantitative estimate of drug-likeness (QED) is 0.845. The van der Waals surface area contributed by atoms with Crippen molar-refractivity contribution in [1.82, 2.24) is 19.7 Å². The van der Waals surface area contributed by atoms with Gasteiger partial charge in [0.15, 0.2) is 5.82 Å². The Morgan fingerprint density at radius 2 is 2.09 bits per heavy atom. The molecule has 0 spiro atoms. The van der Waals surface area contributed by atoms with Gasteiger partial charge in [-0.25, -0.2) is 0 Å². The lowest BCUT2D eigenvalue weighted by molar-refractivity contribution is -0.0281. The minimum Gasteiger partial charge on any atom is -0.366 e. The molecule has 23 heavy (non-hydrogen) atoms. The van der Waals surface area contributed by atoms with Crippen LogP contribution in [0.15, 0.2) is 18.5 Å². The van der Waals surface area contributed by atoms with Crippen molar-refractivity contribution >= 4 is 17.5 Å². The van der Waals surface area contributed by atoms with E-state index >= 15 is 0 Å². The van der Waals surface area contributed by atoms with Crippen molar-refractivity contribution in [1.29, 1.82) is 0 Å². The zero-order valence-corrected chi connectivity index (χ0v) is 14.2. The van der Waals surface area contributed by atoms with E-state index in [4.69, 9.17) is 16.3 Å². The fourth-order valence-corrected chi connectivity index (χ4v) is 2.99. The molecule has 1 fully saturated rings. The molecule has 0 aliphatic carbocycles. The number of hydrogen-bond acceptors (Lipinski definition) is 4. The van der Waals surface area contributed by atoms with Gasteiger partial charge in [-0.05, 0) is 37.1 Å². The Bertz CT molecular complexity index is 744. The average molecular weight is 335 g/mol. The van der Waals surface area contributed by atoms with E-state index in [9.17, 15) is 4.79 Å². The van der Waals surface area contributed by atoms with Crippen LogP contribution in [0.1, 0.15) is 33.4 Å². The molecule has 1 aromatic heterocycles. The normalized spacial score (nSPS) is 18.3. The molecule has 122 valence electrons. The van der Waals surface area contributed by atoms with Crippen molar-refractivity contribution in [2.45, 2.75) is 20.0 Å². The average Bonchev–Trinajstić information content (AvgIpc) is 2.96. The third kappa shape index (κ3) is 3.09. The van der Waals surface area contributed by atoms with Crippen LogP contribution >= 0.6 is 11.6 Å². The Labute approximate surface area is 140 Å². The van der Waals surface area contributed by atoms with Crippen molar-refractivity contribution in [2.24, 2.45) is 7.05 Å². The SMILES string of the molecule is Cc1cc(Cl)c(C(=O)N2CCOC(c3nncn3C)C2)cc1C. The highest BCUT2D eigenvalue weighted by atomic mass is 35.5. The number of aryl methyl sites for hydroxylation is 3. The molecular formula is C16H19ClN4O2. The van der Waals surface area contributed by atoms with E-state index in [1.54, 1.807) is 11.2 Å². The molecule has 1 aliphatic rings. The molecule has 2 aromatic rings. The largest absolute Gasteiger partial charge is 0.366 e. The van der Waals surface area contributed by atoms with E-state index in [2.05, 4.69) is 10.2 Å². The van der Waals surface area contributed by atoms with Crippen LogP contribution in [-0.2, 0) is 11.8 Å². The molecule has 1 amide bonds. The van der Waals surface area contributed by atoms with Crippen molar-refractivity contribution in [3.63, 3.8) is 0 Å². The van der Waals surface area contributed by atoms with Gasteiger partial charge < -0.3 is 14.2 Å². The molecule has 2 heterocycles. The maximum Gasteiger partial charge on any atom is 0.255 e. The number of nitrogens with zero attached hydrogens (tertiary/aromatic N) is 4. The highest BCUT2D eigenvalue weighted by Crippen LogP contribution is 2.25. The number of carbonyl (C=O) groups is 1. The maximum absolute atomic E-state index is 12.8. The maximum atomic E-state index is 12.8. The summed E-state index contributed by atoms with van der Waals surface area (Å²) >= 11 is 6.27. The van der Waals surface area contributed by atoms with Crippen LogP contribution in [0.2, 0.25) is 5.02 Å². The smallest absolute Gasteiger partial charge is 0.255 e. The van der Waals surface area contributed by atoms with Gasteiger partial charge in [-0.1, -0.05) is 11.6 Å². The predicted molar refractivity (Wildman–Crippen MR) is 86.5 cm³/mol. The van der Waals surface area contributed by atoms with Crippen molar-refractivity contribution in [3.8, 4) is 0 Å². The first-order valence-corrected chi connectivity index (χ1v) is 7.86. The number of morpholine rings is 1. The van der Waals surface area contributed by atoms with Crippen molar-refractivity contribution < 1.29 is 9.53 Å². The number of halogens is 1. The second-order valence-electron chi connectivity index (χ2n) is 5.83. The Kier molecular flexibility index (Phi) is 4.37. The van der Waals surface area contributed by atoms with Crippen LogP contribution in [0.5, 0.6) is 0 Å².